The molecule has 3 heteroatoms. The summed E-state index contributed by atoms with van der Waals surface area (Å²) in [6, 6.07) is 6.55. The van der Waals surface area contributed by atoms with Gasteiger partial charge < -0.3 is 10.5 Å². The molecule has 0 heterocycles. The molecule has 0 spiro atoms. The minimum atomic E-state index is 0.342. The van der Waals surface area contributed by atoms with E-state index in [1.807, 2.05) is 6.07 Å². The third-order valence-corrected chi connectivity index (χ3v) is 4.52. The molecule has 0 aromatic heterocycles. The van der Waals surface area contributed by atoms with Gasteiger partial charge in [0.15, 0.2) is 0 Å². The van der Waals surface area contributed by atoms with Crippen LogP contribution in [0.4, 0.5) is 0 Å². The van der Waals surface area contributed by atoms with Gasteiger partial charge in [0, 0.05) is 10.5 Å². The number of hydrogen-bond donors (Lipinski definition) is 1. The van der Waals surface area contributed by atoms with Crippen LogP contribution in [0.5, 0.6) is 5.75 Å². The van der Waals surface area contributed by atoms with Crippen LogP contribution < -0.4 is 10.5 Å². The maximum atomic E-state index is 6.02. The van der Waals surface area contributed by atoms with Crippen LogP contribution in [0.15, 0.2) is 22.7 Å². The lowest BCUT2D eigenvalue weighted by Gasteiger charge is -2.24. The molecule has 0 amide bonds. The van der Waals surface area contributed by atoms with Gasteiger partial charge in [0.2, 0.25) is 0 Å². The van der Waals surface area contributed by atoms with E-state index in [0.717, 1.165) is 25.0 Å². The Labute approximate surface area is 112 Å². The molecule has 1 saturated carbocycles. The summed E-state index contributed by atoms with van der Waals surface area (Å²) in [7, 11) is 1.71. The van der Waals surface area contributed by atoms with Crippen molar-refractivity contribution in [2.45, 2.75) is 38.6 Å². The summed E-state index contributed by atoms with van der Waals surface area (Å²) in [4.78, 5) is 0. The quantitative estimate of drug-likeness (QED) is 0.926. The van der Waals surface area contributed by atoms with Crippen molar-refractivity contribution >= 4 is 15.9 Å². The minimum Gasteiger partial charge on any atom is -0.497 e. The van der Waals surface area contributed by atoms with Gasteiger partial charge in [-0.25, -0.2) is 0 Å². The first-order valence-corrected chi connectivity index (χ1v) is 6.90. The van der Waals surface area contributed by atoms with Gasteiger partial charge >= 0.3 is 0 Å². The zero-order valence-corrected chi connectivity index (χ0v) is 12.1. The third-order valence-electron chi connectivity index (χ3n) is 3.74. The van der Waals surface area contributed by atoms with Crippen LogP contribution in [0.25, 0.3) is 0 Å². The number of rotatable bonds is 3. The Morgan fingerprint density at radius 3 is 2.88 bits per heavy atom. The number of benzene rings is 1. The van der Waals surface area contributed by atoms with E-state index in [-0.39, 0.29) is 0 Å². The molecule has 2 unspecified atom stereocenters. The smallest absolute Gasteiger partial charge is 0.119 e. The molecular weight excluding hydrogens is 278 g/mol. The SMILES string of the molecule is COc1ccc(Br)c(CC2(C)CCC(N)C2)c1. The lowest BCUT2D eigenvalue weighted by Crippen LogP contribution is -2.21. The Bertz CT molecular complexity index is 407. The van der Waals surface area contributed by atoms with E-state index in [4.69, 9.17) is 10.5 Å². The maximum absolute atomic E-state index is 6.02. The zero-order valence-electron chi connectivity index (χ0n) is 10.5. The summed E-state index contributed by atoms with van der Waals surface area (Å²) in [6.45, 7) is 2.34. The lowest BCUT2D eigenvalue weighted by atomic mass is 9.82. The van der Waals surface area contributed by atoms with Crippen molar-refractivity contribution in [3.8, 4) is 5.75 Å². The van der Waals surface area contributed by atoms with Crippen molar-refractivity contribution in [2.24, 2.45) is 11.1 Å². The first-order chi connectivity index (χ1) is 8.02. The highest BCUT2D eigenvalue weighted by Gasteiger charge is 2.33. The van der Waals surface area contributed by atoms with E-state index in [2.05, 4.69) is 35.0 Å². The van der Waals surface area contributed by atoms with E-state index in [9.17, 15) is 0 Å². The highest BCUT2D eigenvalue weighted by molar-refractivity contribution is 9.10. The molecule has 94 valence electrons. The second-order valence-electron chi connectivity index (χ2n) is 5.45. The van der Waals surface area contributed by atoms with Crippen LogP contribution in [0, 0.1) is 5.41 Å². The fourth-order valence-electron chi connectivity index (χ4n) is 2.80. The van der Waals surface area contributed by atoms with Gasteiger partial charge in [-0.05, 0) is 54.9 Å². The predicted octanol–water partition coefficient (Wildman–Crippen LogP) is 3.52. The van der Waals surface area contributed by atoms with Crippen molar-refractivity contribution in [3.05, 3.63) is 28.2 Å². The van der Waals surface area contributed by atoms with Crippen LogP contribution in [-0.2, 0) is 6.42 Å². The van der Waals surface area contributed by atoms with Crippen molar-refractivity contribution < 1.29 is 4.74 Å². The minimum absolute atomic E-state index is 0.342. The Morgan fingerprint density at radius 2 is 2.29 bits per heavy atom. The van der Waals surface area contributed by atoms with Gasteiger partial charge in [0.1, 0.15) is 5.75 Å². The number of halogens is 1. The van der Waals surface area contributed by atoms with Gasteiger partial charge in [0.05, 0.1) is 7.11 Å². The molecule has 0 bridgehead atoms. The average molecular weight is 298 g/mol. The summed E-state index contributed by atoms with van der Waals surface area (Å²) >= 11 is 3.62. The number of ether oxygens (including phenoxy) is 1. The highest BCUT2D eigenvalue weighted by Crippen LogP contribution is 2.41. The van der Waals surface area contributed by atoms with Crippen LogP contribution in [0.2, 0.25) is 0 Å². The fraction of sp³-hybridized carbons (Fsp3) is 0.571. The van der Waals surface area contributed by atoms with Gasteiger partial charge in [-0.15, -0.1) is 0 Å². The normalized spacial score (nSPS) is 28.4. The molecule has 0 radical (unpaired) electrons. The first-order valence-electron chi connectivity index (χ1n) is 6.10. The van der Waals surface area contributed by atoms with E-state index in [1.54, 1.807) is 7.11 Å². The molecule has 2 nitrogen and oxygen atoms in total. The van der Waals surface area contributed by atoms with E-state index >= 15 is 0 Å². The molecule has 2 atom stereocenters. The summed E-state index contributed by atoms with van der Waals surface area (Å²) in [6.07, 6.45) is 4.56. The molecular formula is C14H20BrNO. The predicted molar refractivity (Wildman–Crippen MR) is 74.3 cm³/mol. The van der Waals surface area contributed by atoms with Crippen LogP contribution in [0.1, 0.15) is 31.7 Å². The molecule has 2 rings (SSSR count). The summed E-state index contributed by atoms with van der Waals surface area (Å²) in [5, 5.41) is 0. The monoisotopic (exact) mass is 297 g/mol. The molecule has 0 aliphatic heterocycles. The molecule has 1 fully saturated rings. The Morgan fingerprint density at radius 1 is 1.53 bits per heavy atom. The molecule has 1 aromatic rings. The largest absolute Gasteiger partial charge is 0.497 e. The molecule has 2 N–H and O–H groups in total. The summed E-state index contributed by atoms with van der Waals surface area (Å²) in [5.41, 5.74) is 7.68. The Hall–Kier alpha value is -0.540. The standard InChI is InChI=1S/C14H20BrNO/c1-14(6-5-11(16)9-14)8-10-7-12(17-2)3-4-13(10)15/h3-4,7,11H,5-6,8-9,16H2,1-2H3. The number of hydrogen-bond acceptors (Lipinski definition) is 2. The van der Waals surface area contributed by atoms with Crippen LogP contribution in [0.3, 0.4) is 0 Å². The van der Waals surface area contributed by atoms with Gasteiger partial charge in [-0.3, -0.25) is 0 Å². The van der Waals surface area contributed by atoms with Crippen LogP contribution >= 0.6 is 15.9 Å². The number of methoxy groups -OCH3 is 1. The highest BCUT2D eigenvalue weighted by atomic mass is 79.9. The summed E-state index contributed by atoms with van der Waals surface area (Å²) < 4.78 is 6.45. The second kappa shape index (κ2) is 4.99. The zero-order chi connectivity index (χ0) is 12.5. The van der Waals surface area contributed by atoms with E-state index < -0.39 is 0 Å². The summed E-state index contributed by atoms with van der Waals surface area (Å²) in [5.74, 6) is 0.925. The Kier molecular flexibility index (Phi) is 3.79. The van der Waals surface area contributed by atoms with Crippen molar-refractivity contribution in [1.29, 1.82) is 0 Å². The molecule has 1 aliphatic carbocycles. The van der Waals surface area contributed by atoms with E-state index in [0.29, 0.717) is 11.5 Å². The molecule has 0 saturated heterocycles. The van der Waals surface area contributed by atoms with E-state index in [1.165, 1.54) is 16.5 Å². The van der Waals surface area contributed by atoms with Crippen molar-refractivity contribution in [3.63, 3.8) is 0 Å². The van der Waals surface area contributed by atoms with Gasteiger partial charge in [-0.1, -0.05) is 22.9 Å². The lowest BCUT2D eigenvalue weighted by molar-refractivity contribution is 0.328. The third kappa shape index (κ3) is 3.02. The number of nitrogens with two attached hydrogens (primary N) is 1. The van der Waals surface area contributed by atoms with Crippen molar-refractivity contribution in [2.75, 3.05) is 7.11 Å². The van der Waals surface area contributed by atoms with Crippen molar-refractivity contribution in [1.82, 2.24) is 0 Å². The maximum Gasteiger partial charge on any atom is 0.119 e. The van der Waals surface area contributed by atoms with Crippen LogP contribution in [-0.4, -0.2) is 13.2 Å². The average Bonchev–Trinajstić information content (AvgIpc) is 2.62. The first kappa shape index (κ1) is 12.9. The molecule has 1 aliphatic rings. The molecule has 1 aromatic carbocycles. The Balaban J connectivity index is 2.17. The topological polar surface area (TPSA) is 35.2 Å². The molecule has 17 heavy (non-hydrogen) atoms. The van der Waals surface area contributed by atoms with Gasteiger partial charge in [-0.2, -0.15) is 0 Å². The fourth-order valence-corrected chi connectivity index (χ4v) is 3.19. The van der Waals surface area contributed by atoms with Gasteiger partial charge in [0.25, 0.3) is 0 Å². The second-order valence-corrected chi connectivity index (χ2v) is 6.30.